The van der Waals surface area contributed by atoms with Gasteiger partial charge in [0.2, 0.25) is 0 Å². The molecule has 0 saturated carbocycles. The average molecular weight is 280 g/mol. The Labute approximate surface area is 102 Å². The average Bonchev–Trinajstić information content (AvgIpc) is 2.42. The zero-order valence-electron chi connectivity index (χ0n) is 9.18. The number of H-pyrrole nitrogens is 1. The lowest BCUT2D eigenvalue weighted by atomic mass is 10.3. The minimum absolute atomic E-state index is 0.111. The van der Waals surface area contributed by atoms with E-state index in [0.29, 0.717) is 11.3 Å². The number of aromatic nitrogens is 1. The summed E-state index contributed by atoms with van der Waals surface area (Å²) in [5.74, 6) is -1.10. The third-order valence-corrected chi connectivity index (χ3v) is 5.06. The summed E-state index contributed by atoms with van der Waals surface area (Å²) < 4.78 is 25.7. The normalized spacial score (nSPS) is 13.5. The summed E-state index contributed by atoms with van der Waals surface area (Å²) in [6.45, 7) is 2.91. The Kier molecular flexibility index (Phi) is 4.07. The molecule has 0 aliphatic rings. The fourth-order valence-corrected chi connectivity index (χ4v) is 3.83. The molecular formula is C8H12N2O5S2. The molecular weight excluding hydrogens is 268 g/mol. The molecule has 7 nitrogen and oxygen atoms in total. The molecule has 1 rings (SSSR count). The lowest BCUT2D eigenvalue weighted by molar-refractivity contribution is -0.137. The number of carboxylic acid groups (broad SMARTS) is 1. The van der Waals surface area contributed by atoms with Crippen LogP contribution in [-0.2, 0) is 14.8 Å². The maximum absolute atomic E-state index is 11.8. The van der Waals surface area contributed by atoms with Gasteiger partial charge in [0.1, 0.15) is 0 Å². The third-order valence-electron chi connectivity index (χ3n) is 1.86. The van der Waals surface area contributed by atoms with Crippen molar-refractivity contribution in [3.05, 3.63) is 15.4 Å². The molecule has 0 radical (unpaired) electrons. The number of hydrogen-bond acceptors (Lipinski definition) is 5. The van der Waals surface area contributed by atoms with E-state index in [1.807, 2.05) is 0 Å². The highest BCUT2D eigenvalue weighted by Gasteiger charge is 2.23. The molecule has 1 atom stereocenters. The van der Waals surface area contributed by atoms with Crippen LogP contribution in [0.1, 0.15) is 19.0 Å². The number of sulfonamides is 1. The van der Waals surface area contributed by atoms with Crippen molar-refractivity contribution in [1.29, 1.82) is 0 Å². The van der Waals surface area contributed by atoms with E-state index in [9.17, 15) is 18.0 Å². The van der Waals surface area contributed by atoms with Gasteiger partial charge in [-0.05, 0) is 13.8 Å². The molecule has 0 amide bonds. The van der Waals surface area contributed by atoms with Crippen LogP contribution in [0.4, 0.5) is 0 Å². The van der Waals surface area contributed by atoms with Crippen molar-refractivity contribution in [2.24, 2.45) is 0 Å². The van der Waals surface area contributed by atoms with Crippen LogP contribution in [0.15, 0.2) is 9.00 Å². The molecule has 0 aliphatic heterocycles. The van der Waals surface area contributed by atoms with Crippen molar-refractivity contribution in [1.82, 2.24) is 9.71 Å². The van der Waals surface area contributed by atoms with Gasteiger partial charge in [0.25, 0.3) is 10.0 Å². The molecule has 0 aliphatic carbocycles. The maximum atomic E-state index is 11.8. The Morgan fingerprint density at radius 1 is 1.59 bits per heavy atom. The maximum Gasteiger partial charge on any atom is 0.305 e. The first-order valence-corrected chi connectivity index (χ1v) is 6.96. The Balaban J connectivity index is 2.93. The zero-order chi connectivity index (χ0) is 13.2. The Morgan fingerprint density at radius 3 is 2.59 bits per heavy atom. The molecule has 3 N–H and O–H groups in total. The first kappa shape index (κ1) is 13.9. The van der Waals surface area contributed by atoms with Gasteiger partial charge in [0.05, 0.1) is 6.42 Å². The van der Waals surface area contributed by atoms with Crippen LogP contribution in [0.3, 0.4) is 0 Å². The molecule has 96 valence electrons. The number of aryl methyl sites for hydroxylation is 1. The first-order valence-electron chi connectivity index (χ1n) is 4.66. The van der Waals surface area contributed by atoms with Gasteiger partial charge in [-0.3, -0.25) is 9.59 Å². The molecule has 0 saturated heterocycles. The SMILES string of the molecule is Cc1[nH]c(=O)sc1S(=O)(=O)NC(C)CC(=O)O. The molecule has 1 unspecified atom stereocenters. The van der Waals surface area contributed by atoms with Crippen LogP contribution >= 0.6 is 11.3 Å². The standard InChI is InChI=1S/C8H12N2O5S2/c1-4(3-6(11)12)10-17(14,15)7-5(2)9-8(13)16-7/h4,10H,3H2,1-2H3,(H,9,13)(H,11,12). The number of rotatable bonds is 5. The number of carbonyl (C=O) groups is 1. The van der Waals surface area contributed by atoms with Gasteiger partial charge < -0.3 is 10.1 Å². The topological polar surface area (TPSA) is 116 Å². The van der Waals surface area contributed by atoms with E-state index in [1.54, 1.807) is 0 Å². The van der Waals surface area contributed by atoms with E-state index in [0.717, 1.165) is 0 Å². The monoisotopic (exact) mass is 280 g/mol. The highest BCUT2D eigenvalue weighted by Crippen LogP contribution is 2.16. The van der Waals surface area contributed by atoms with Crippen LogP contribution in [-0.4, -0.2) is 30.5 Å². The van der Waals surface area contributed by atoms with Crippen LogP contribution < -0.4 is 9.60 Å². The predicted molar refractivity (Wildman–Crippen MR) is 61.7 cm³/mol. The second-order valence-electron chi connectivity index (χ2n) is 3.55. The molecule has 17 heavy (non-hydrogen) atoms. The van der Waals surface area contributed by atoms with E-state index >= 15 is 0 Å². The summed E-state index contributed by atoms with van der Waals surface area (Å²) in [7, 11) is -3.84. The minimum Gasteiger partial charge on any atom is -0.481 e. The van der Waals surface area contributed by atoms with Gasteiger partial charge in [-0.1, -0.05) is 11.3 Å². The summed E-state index contributed by atoms with van der Waals surface area (Å²) in [6.07, 6.45) is -0.322. The number of hydrogen-bond donors (Lipinski definition) is 3. The fraction of sp³-hybridized carbons (Fsp3) is 0.500. The molecule has 0 spiro atoms. The molecule has 1 aromatic heterocycles. The number of aromatic amines is 1. The van der Waals surface area contributed by atoms with Gasteiger partial charge in [-0.2, -0.15) is 0 Å². The molecule has 1 heterocycles. The highest BCUT2D eigenvalue weighted by atomic mass is 32.2. The van der Waals surface area contributed by atoms with Crippen LogP contribution in [0.5, 0.6) is 0 Å². The number of aliphatic carboxylic acids is 1. The number of carboxylic acids is 1. The van der Waals surface area contributed by atoms with Crippen molar-refractivity contribution >= 4 is 27.3 Å². The molecule has 1 aromatic rings. The summed E-state index contributed by atoms with van der Waals surface area (Å²) in [4.78, 5) is 23.3. The van der Waals surface area contributed by atoms with E-state index in [-0.39, 0.29) is 16.3 Å². The van der Waals surface area contributed by atoms with Gasteiger partial charge in [-0.25, -0.2) is 13.1 Å². The van der Waals surface area contributed by atoms with Crippen LogP contribution in [0.2, 0.25) is 0 Å². The predicted octanol–water partition coefficient (Wildman–Crippen LogP) is -0.114. The molecule has 9 heteroatoms. The first-order chi connectivity index (χ1) is 7.72. The van der Waals surface area contributed by atoms with E-state index < -0.39 is 26.9 Å². The van der Waals surface area contributed by atoms with Crippen molar-refractivity contribution in [2.45, 2.75) is 30.5 Å². The smallest absolute Gasteiger partial charge is 0.305 e. The Hall–Kier alpha value is -1.19. The number of thiazole rings is 1. The van der Waals surface area contributed by atoms with E-state index in [1.165, 1.54) is 13.8 Å². The summed E-state index contributed by atoms with van der Waals surface area (Å²) in [6, 6.07) is -0.742. The van der Waals surface area contributed by atoms with E-state index in [4.69, 9.17) is 5.11 Å². The zero-order valence-corrected chi connectivity index (χ0v) is 10.8. The second kappa shape index (κ2) is 4.98. The number of nitrogens with one attached hydrogen (secondary N) is 2. The van der Waals surface area contributed by atoms with Crippen molar-refractivity contribution in [2.75, 3.05) is 0 Å². The van der Waals surface area contributed by atoms with Crippen molar-refractivity contribution in [3.8, 4) is 0 Å². The van der Waals surface area contributed by atoms with Crippen LogP contribution in [0.25, 0.3) is 0 Å². The van der Waals surface area contributed by atoms with Gasteiger partial charge in [-0.15, -0.1) is 0 Å². The second-order valence-corrected chi connectivity index (χ2v) is 6.44. The van der Waals surface area contributed by atoms with Gasteiger partial charge in [0, 0.05) is 11.7 Å². The quantitative estimate of drug-likeness (QED) is 0.695. The largest absolute Gasteiger partial charge is 0.481 e. The van der Waals surface area contributed by atoms with Crippen LogP contribution in [0, 0.1) is 6.92 Å². The summed E-state index contributed by atoms with van der Waals surface area (Å²) in [5, 5.41) is 8.52. The highest BCUT2D eigenvalue weighted by molar-refractivity contribution is 7.91. The lowest BCUT2D eigenvalue weighted by Gasteiger charge is -2.10. The fourth-order valence-electron chi connectivity index (χ4n) is 1.27. The van der Waals surface area contributed by atoms with Crippen molar-refractivity contribution in [3.63, 3.8) is 0 Å². The molecule has 0 bridgehead atoms. The lowest BCUT2D eigenvalue weighted by Crippen LogP contribution is -2.34. The Morgan fingerprint density at radius 2 is 2.18 bits per heavy atom. The summed E-state index contributed by atoms with van der Waals surface area (Å²) in [5.41, 5.74) is 0.245. The minimum atomic E-state index is -3.84. The van der Waals surface area contributed by atoms with Gasteiger partial charge in [0.15, 0.2) is 4.21 Å². The van der Waals surface area contributed by atoms with Gasteiger partial charge >= 0.3 is 10.8 Å². The summed E-state index contributed by atoms with van der Waals surface area (Å²) >= 11 is 0.573. The van der Waals surface area contributed by atoms with E-state index in [2.05, 4.69) is 9.71 Å². The molecule has 0 fully saturated rings. The van der Waals surface area contributed by atoms with Crippen molar-refractivity contribution < 1.29 is 18.3 Å². The Bertz CT molecular complexity index is 571. The third kappa shape index (κ3) is 3.65. The molecule has 0 aromatic carbocycles.